The number of anilines is 3. The maximum Gasteiger partial charge on any atom is 0.220 e. The van der Waals surface area contributed by atoms with Crippen LogP contribution in [0.4, 0.5) is 17.3 Å². The first-order valence-corrected chi connectivity index (χ1v) is 13.6. The normalized spacial score (nSPS) is 12.2. The molecule has 4 rings (SSSR count). The van der Waals surface area contributed by atoms with Gasteiger partial charge in [-0.1, -0.05) is 36.2 Å². The molecule has 0 bridgehead atoms. The van der Waals surface area contributed by atoms with E-state index in [0.29, 0.717) is 5.02 Å². The molecule has 9 heteroatoms. The number of nitrogens with zero attached hydrogens (tertiary/aromatic N) is 3. The Bertz CT molecular complexity index is 979. The van der Waals surface area contributed by atoms with E-state index in [1.165, 1.54) is 47.9 Å². The molecule has 0 atom stereocenters. The van der Waals surface area contributed by atoms with Gasteiger partial charge in [-0.2, -0.15) is 0 Å². The average Bonchev–Trinajstić information content (AvgIpc) is 2.87. The number of hydrogen-bond donors (Lipinski definition) is 3. The lowest BCUT2D eigenvalue weighted by atomic mass is 9.94. The second-order valence-electron chi connectivity index (χ2n) is 7.96. The van der Waals surface area contributed by atoms with Gasteiger partial charge in [0, 0.05) is 48.5 Å². The number of hydrogen-bond acceptors (Lipinski definition) is 8. The molecule has 0 aliphatic heterocycles. The van der Waals surface area contributed by atoms with Gasteiger partial charge < -0.3 is 20.7 Å². The molecule has 0 amide bonds. The molecule has 1 aliphatic rings. The highest BCUT2D eigenvalue weighted by atomic mass is 35.5. The number of halogens is 1. The fourth-order valence-corrected chi connectivity index (χ4v) is 4.34. The van der Waals surface area contributed by atoms with Gasteiger partial charge in [-0.15, -0.1) is 0 Å². The highest BCUT2D eigenvalue weighted by molar-refractivity contribution is 7.97. The number of nitrogen functional groups attached to an aromatic ring is 1. The van der Waals surface area contributed by atoms with Gasteiger partial charge in [0.1, 0.15) is 5.75 Å². The summed E-state index contributed by atoms with van der Waals surface area (Å²) in [5.74, 6) is 1.20. The summed E-state index contributed by atoms with van der Waals surface area (Å²) in [6.45, 7) is 9.12. The van der Waals surface area contributed by atoms with Crippen LogP contribution in [0.1, 0.15) is 40.0 Å². The first-order chi connectivity index (χ1) is 17.5. The van der Waals surface area contributed by atoms with Crippen LogP contribution in [-0.2, 0) is 0 Å². The van der Waals surface area contributed by atoms with Gasteiger partial charge in [-0.05, 0) is 69.8 Å². The van der Waals surface area contributed by atoms with Crippen LogP contribution in [0.2, 0.25) is 5.02 Å². The summed E-state index contributed by atoms with van der Waals surface area (Å²) in [5.41, 5.74) is 7.58. The van der Waals surface area contributed by atoms with E-state index in [-0.39, 0.29) is 5.95 Å². The van der Waals surface area contributed by atoms with Crippen molar-refractivity contribution in [2.24, 2.45) is 0 Å². The van der Waals surface area contributed by atoms with Crippen molar-refractivity contribution in [1.29, 1.82) is 0 Å². The fraction of sp³-hybridized carbons (Fsp3) is 0.407. The number of rotatable bonds is 9. The van der Waals surface area contributed by atoms with E-state index in [4.69, 9.17) is 22.1 Å². The Hall–Kier alpha value is -2.68. The van der Waals surface area contributed by atoms with Gasteiger partial charge in [0.15, 0.2) is 0 Å². The molecule has 7 nitrogen and oxygen atoms in total. The number of benzene rings is 2. The van der Waals surface area contributed by atoms with Gasteiger partial charge in [0.05, 0.1) is 24.0 Å². The van der Waals surface area contributed by atoms with Crippen molar-refractivity contribution in [3.63, 3.8) is 0 Å². The zero-order chi connectivity index (χ0) is 26.2. The lowest BCUT2D eigenvalue weighted by molar-refractivity contribution is 0.340. The standard InChI is InChI=1S/C12H19NO.C11H16N2S.C4H4ClN3/c1-4-13(5-2)11-8-7-9-12(10-11)14-6-3;1-12-10-7-2-3-8-11(10)14-13-9-5-4-6-9;5-3-1-7-4(6)8-2-3/h7-10H,4-6H2,1-3H3;2-3,7-9,12-13H,4-6H2,1H3;1-2H,(H2,6,7,8). The lowest BCUT2D eigenvalue weighted by Crippen LogP contribution is -2.30. The van der Waals surface area contributed by atoms with Crippen LogP contribution >= 0.6 is 23.5 Å². The second kappa shape index (κ2) is 16.9. The number of nitrogens with one attached hydrogen (secondary N) is 2. The van der Waals surface area contributed by atoms with Crippen LogP contribution in [0.3, 0.4) is 0 Å². The highest BCUT2D eigenvalue weighted by Gasteiger charge is 2.17. The maximum absolute atomic E-state index is 5.46. The molecule has 1 aromatic heterocycles. The van der Waals surface area contributed by atoms with Crippen molar-refractivity contribution in [3.8, 4) is 5.75 Å². The van der Waals surface area contributed by atoms with E-state index in [9.17, 15) is 0 Å². The van der Waals surface area contributed by atoms with Crippen LogP contribution < -0.4 is 25.4 Å². The Morgan fingerprint density at radius 1 is 1.06 bits per heavy atom. The first kappa shape index (κ1) is 29.5. The molecule has 1 fully saturated rings. The Kier molecular flexibility index (Phi) is 13.9. The van der Waals surface area contributed by atoms with Gasteiger partial charge in [-0.3, -0.25) is 4.72 Å². The summed E-state index contributed by atoms with van der Waals surface area (Å²) in [6.07, 6.45) is 6.93. The molecule has 1 heterocycles. The van der Waals surface area contributed by atoms with E-state index >= 15 is 0 Å². The molecule has 1 aliphatic carbocycles. The van der Waals surface area contributed by atoms with Gasteiger partial charge in [-0.25, -0.2) is 9.97 Å². The Labute approximate surface area is 225 Å². The van der Waals surface area contributed by atoms with Crippen LogP contribution in [0.5, 0.6) is 5.75 Å². The molecule has 3 aromatic rings. The van der Waals surface area contributed by atoms with Crippen molar-refractivity contribution in [3.05, 3.63) is 65.9 Å². The Balaban J connectivity index is 0.000000198. The monoisotopic (exact) mass is 530 g/mol. The molecule has 4 N–H and O–H groups in total. The minimum atomic E-state index is 0.245. The van der Waals surface area contributed by atoms with Gasteiger partial charge >= 0.3 is 0 Å². The molecule has 196 valence electrons. The Morgan fingerprint density at radius 2 is 1.75 bits per heavy atom. The van der Waals surface area contributed by atoms with E-state index < -0.39 is 0 Å². The predicted octanol–water partition coefficient (Wildman–Crippen LogP) is 6.52. The second-order valence-corrected chi connectivity index (χ2v) is 9.27. The number of ether oxygens (including phenoxy) is 1. The van der Waals surface area contributed by atoms with Crippen molar-refractivity contribution < 1.29 is 4.74 Å². The van der Waals surface area contributed by atoms with E-state index in [1.807, 2.05) is 26.1 Å². The summed E-state index contributed by atoms with van der Waals surface area (Å²) in [6, 6.07) is 17.4. The zero-order valence-corrected chi connectivity index (χ0v) is 23.3. The van der Waals surface area contributed by atoms with Gasteiger partial charge in [0.25, 0.3) is 0 Å². The topological polar surface area (TPSA) is 88.3 Å². The van der Waals surface area contributed by atoms with Crippen molar-refractivity contribution in [2.75, 3.05) is 42.7 Å². The summed E-state index contributed by atoms with van der Waals surface area (Å²) in [7, 11) is 1.96. The molecule has 2 aromatic carbocycles. The molecule has 0 spiro atoms. The largest absolute Gasteiger partial charge is 0.494 e. The molecular formula is C27H39ClN6OS. The number of para-hydroxylation sites is 1. The van der Waals surface area contributed by atoms with E-state index in [2.05, 4.69) is 75.2 Å². The third-order valence-corrected chi connectivity index (χ3v) is 6.72. The molecule has 0 unspecified atom stereocenters. The quantitative estimate of drug-likeness (QED) is 0.269. The number of nitrogens with two attached hydrogens (primary N) is 1. The Morgan fingerprint density at radius 3 is 2.31 bits per heavy atom. The highest BCUT2D eigenvalue weighted by Crippen LogP contribution is 2.28. The molecule has 1 saturated carbocycles. The van der Waals surface area contributed by atoms with Crippen LogP contribution in [-0.4, -0.2) is 42.8 Å². The molecular weight excluding hydrogens is 492 g/mol. The van der Waals surface area contributed by atoms with Crippen LogP contribution in [0.25, 0.3) is 0 Å². The third-order valence-electron chi connectivity index (χ3n) is 5.49. The average molecular weight is 531 g/mol. The first-order valence-electron chi connectivity index (χ1n) is 12.4. The van der Waals surface area contributed by atoms with Crippen molar-refractivity contribution >= 4 is 40.9 Å². The van der Waals surface area contributed by atoms with Gasteiger partial charge in [0.2, 0.25) is 5.95 Å². The van der Waals surface area contributed by atoms with Crippen molar-refractivity contribution in [2.45, 2.75) is 51.0 Å². The summed E-state index contributed by atoms with van der Waals surface area (Å²) in [5, 5.41) is 3.69. The minimum absolute atomic E-state index is 0.245. The molecule has 0 saturated heterocycles. The summed E-state index contributed by atoms with van der Waals surface area (Å²) >= 11 is 7.17. The third kappa shape index (κ3) is 10.5. The van der Waals surface area contributed by atoms with Crippen molar-refractivity contribution in [1.82, 2.24) is 14.7 Å². The fourth-order valence-electron chi connectivity index (χ4n) is 3.28. The van der Waals surface area contributed by atoms with Crippen LogP contribution in [0.15, 0.2) is 65.8 Å². The van der Waals surface area contributed by atoms with E-state index in [1.54, 1.807) is 11.9 Å². The smallest absolute Gasteiger partial charge is 0.220 e. The SMILES string of the molecule is CCOc1cccc(N(CC)CC)c1.CNc1ccccc1SNC1CCC1.Nc1ncc(Cl)cn1. The number of aromatic nitrogens is 2. The summed E-state index contributed by atoms with van der Waals surface area (Å²) in [4.78, 5) is 10.8. The molecule has 0 radical (unpaired) electrons. The molecule has 36 heavy (non-hydrogen) atoms. The summed E-state index contributed by atoms with van der Waals surface area (Å²) < 4.78 is 8.95. The predicted molar refractivity (Wildman–Crippen MR) is 155 cm³/mol. The lowest BCUT2D eigenvalue weighted by Gasteiger charge is -2.26. The van der Waals surface area contributed by atoms with E-state index in [0.717, 1.165) is 31.5 Å². The van der Waals surface area contributed by atoms with Crippen LogP contribution in [0, 0.1) is 0 Å². The maximum atomic E-state index is 5.46. The zero-order valence-electron chi connectivity index (χ0n) is 21.7. The minimum Gasteiger partial charge on any atom is -0.494 e.